The molecule has 2 aromatic rings. The van der Waals surface area contributed by atoms with Crippen LogP contribution < -0.4 is 0 Å². The average molecular weight is 278 g/mol. The van der Waals surface area contributed by atoms with Crippen molar-refractivity contribution in [1.82, 2.24) is 14.5 Å². The highest BCUT2D eigenvalue weighted by Gasteiger charge is 2.24. The minimum absolute atomic E-state index is 0.464. The van der Waals surface area contributed by atoms with Gasteiger partial charge in [0, 0.05) is 12.2 Å². The Morgan fingerprint density at radius 2 is 2.16 bits per heavy atom. The van der Waals surface area contributed by atoms with Gasteiger partial charge in [-0.1, -0.05) is 19.3 Å². The molecule has 2 heterocycles. The number of aromatic nitrogens is 3. The number of halogens is 1. The first-order valence-electron chi connectivity index (χ1n) is 7.18. The van der Waals surface area contributed by atoms with E-state index in [0.29, 0.717) is 11.9 Å². The van der Waals surface area contributed by atoms with E-state index in [1.165, 1.54) is 37.6 Å². The van der Waals surface area contributed by atoms with E-state index in [4.69, 9.17) is 11.6 Å². The average Bonchev–Trinajstić information content (AvgIpc) is 2.86. The summed E-state index contributed by atoms with van der Waals surface area (Å²) in [6, 6.07) is 2.53. The zero-order chi connectivity index (χ0) is 13.2. The fourth-order valence-electron chi connectivity index (χ4n) is 3.38. The first kappa shape index (κ1) is 12.9. The van der Waals surface area contributed by atoms with Gasteiger partial charge in [-0.25, -0.2) is 4.98 Å². The van der Waals surface area contributed by atoms with Gasteiger partial charge in [0.1, 0.15) is 11.3 Å². The molecule has 1 saturated carbocycles. The summed E-state index contributed by atoms with van der Waals surface area (Å²) in [6.07, 6.45) is 10.4. The third kappa shape index (κ3) is 2.36. The predicted octanol–water partition coefficient (Wildman–Crippen LogP) is 4.31. The van der Waals surface area contributed by atoms with Crippen molar-refractivity contribution >= 4 is 22.6 Å². The van der Waals surface area contributed by atoms with E-state index in [9.17, 15) is 0 Å². The van der Waals surface area contributed by atoms with Crippen molar-refractivity contribution in [3.8, 4) is 0 Å². The molecule has 4 heteroatoms. The SMILES string of the molecule is CC(C1CCCCC1)n1c(CCl)nc2cnccc21. The zero-order valence-corrected chi connectivity index (χ0v) is 12.1. The molecule has 0 spiro atoms. The number of alkyl halides is 1. The van der Waals surface area contributed by atoms with Crippen molar-refractivity contribution in [2.24, 2.45) is 5.92 Å². The summed E-state index contributed by atoms with van der Waals surface area (Å²) in [5, 5.41) is 0. The molecular weight excluding hydrogens is 258 g/mol. The van der Waals surface area contributed by atoms with Crippen LogP contribution in [0.1, 0.15) is 50.9 Å². The van der Waals surface area contributed by atoms with Gasteiger partial charge in [0.2, 0.25) is 0 Å². The van der Waals surface area contributed by atoms with Gasteiger partial charge in [0.15, 0.2) is 0 Å². The number of pyridine rings is 1. The van der Waals surface area contributed by atoms with Crippen LogP contribution >= 0.6 is 11.6 Å². The minimum Gasteiger partial charge on any atom is -0.324 e. The number of hydrogen-bond donors (Lipinski definition) is 0. The van der Waals surface area contributed by atoms with E-state index in [1.807, 2.05) is 12.4 Å². The summed E-state index contributed by atoms with van der Waals surface area (Å²) in [6.45, 7) is 2.31. The summed E-state index contributed by atoms with van der Waals surface area (Å²) in [5.41, 5.74) is 2.13. The lowest BCUT2D eigenvalue weighted by molar-refractivity contribution is 0.265. The highest BCUT2D eigenvalue weighted by molar-refractivity contribution is 6.16. The molecule has 102 valence electrons. The van der Waals surface area contributed by atoms with Crippen molar-refractivity contribution < 1.29 is 0 Å². The quantitative estimate of drug-likeness (QED) is 0.783. The third-order valence-electron chi connectivity index (χ3n) is 4.42. The molecule has 1 aliphatic carbocycles. The maximum Gasteiger partial charge on any atom is 0.125 e. The first-order valence-corrected chi connectivity index (χ1v) is 7.71. The van der Waals surface area contributed by atoms with Gasteiger partial charge in [-0.05, 0) is 31.7 Å². The minimum atomic E-state index is 0.464. The Kier molecular flexibility index (Phi) is 3.74. The Balaban J connectivity index is 2.02. The van der Waals surface area contributed by atoms with Crippen LogP contribution in [0.25, 0.3) is 11.0 Å². The highest BCUT2D eigenvalue weighted by Crippen LogP contribution is 2.35. The van der Waals surface area contributed by atoms with Gasteiger partial charge in [0.05, 0.1) is 17.6 Å². The van der Waals surface area contributed by atoms with Gasteiger partial charge in [-0.3, -0.25) is 4.98 Å². The van der Waals surface area contributed by atoms with E-state index in [0.717, 1.165) is 17.3 Å². The molecule has 1 atom stereocenters. The molecule has 1 aliphatic rings. The van der Waals surface area contributed by atoms with Crippen LogP contribution in [-0.4, -0.2) is 14.5 Å². The highest BCUT2D eigenvalue weighted by atomic mass is 35.5. The van der Waals surface area contributed by atoms with Crippen LogP contribution in [0.2, 0.25) is 0 Å². The van der Waals surface area contributed by atoms with E-state index < -0.39 is 0 Å². The second-order valence-electron chi connectivity index (χ2n) is 5.53. The lowest BCUT2D eigenvalue weighted by Gasteiger charge is -2.30. The predicted molar refractivity (Wildman–Crippen MR) is 78.4 cm³/mol. The fourth-order valence-corrected chi connectivity index (χ4v) is 3.57. The van der Waals surface area contributed by atoms with Crippen LogP contribution in [0.15, 0.2) is 18.5 Å². The Hall–Kier alpha value is -1.09. The molecule has 1 unspecified atom stereocenters. The molecule has 0 aliphatic heterocycles. The molecule has 0 bridgehead atoms. The molecule has 3 rings (SSSR count). The van der Waals surface area contributed by atoms with E-state index in [1.54, 1.807) is 0 Å². The van der Waals surface area contributed by atoms with Crippen LogP contribution in [0.4, 0.5) is 0 Å². The molecule has 0 aromatic carbocycles. The van der Waals surface area contributed by atoms with Crippen molar-refractivity contribution in [3.05, 3.63) is 24.3 Å². The number of imidazole rings is 1. The lowest BCUT2D eigenvalue weighted by atomic mass is 9.84. The lowest BCUT2D eigenvalue weighted by Crippen LogP contribution is -2.20. The van der Waals surface area contributed by atoms with Gasteiger partial charge >= 0.3 is 0 Å². The van der Waals surface area contributed by atoms with Gasteiger partial charge in [-0.15, -0.1) is 11.6 Å². The van der Waals surface area contributed by atoms with E-state index in [2.05, 4.69) is 27.5 Å². The van der Waals surface area contributed by atoms with Crippen LogP contribution in [-0.2, 0) is 5.88 Å². The molecular formula is C15H20ClN3. The number of nitrogens with zero attached hydrogens (tertiary/aromatic N) is 3. The molecule has 0 radical (unpaired) electrons. The summed E-state index contributed by atoms with van der Waals surface area (Å²) in [5.74, 6) is 2.19. The van der Waals surface area contributed by atoms with Crippen LogP contribution in [0.3, 0.4) is 0 Å². The van der Waals surface area contributed by atoms with Gasteiger partial charge in [0.25, 0.3) is 0 Å². The molecule has 19 heavy (non-hydrogen) atoms. The first-order chi connectivity index (χ1) is 9.31. The molecule has 3 nitrogen and oxygen atoms in total. The van der Waals surface area contributed by atoms with Crippen molar-refractivity contribution in [2.45, 2.75) is 50.9 Å². The number of hydrogen-bond acceptors (Lipinski definition) is 2. The van der Waals surface area contributed by atoms with Crippen molar-refractivity contribution in [1.29, 1.82) is 0 Å². The Morgan fingerprint density at radius 3 is 2.89 bits per heavy atom. The molecule has 0 amide bonds. The Labute approximate surface area is 119 Å². The molecule has 0 saturated heterocycles. The topological polar surface area (TPSA) is 30.7 Å². The zero-order valence-electron chi connectivity index (χ0n) is 11.3. The largest absolute Gasteiger partial charge is 0.324 e. The normalized spacial score (nSPS) is 18.8. The molecule has 1 fully saturated rings. The molecule has 2 aromatic heterocycles. The summed E-state index contributed by atoms with van der Waals surface area (Å²) >= 11 is 6.08. The number of fused-ring (bicyclic) bond motifs is 1. The standard InChI is InChI=1S/C15H20ClN3/c1-11(12-5-3-2-4-6-12)19-14-7-8-17-10-13(14)18-15(19)9-16/h7-8,10-12H,2-6,9H2,1H3. The summed E-state index contributed by atoms with van der Waals surface area (Å²) in [7, 11) is 0. The van der Waals surface area contributed by atoms with Crippen LogP contribution in [0.5, 0.6) is 0 Å². The smallest absolute Gasteiger partial charge is 0.125 e. The summed E-state index contributed by atoms with van der Waals surface area (Å²) < 4.78 is 2.33. The second kappa shape index (κ2) is 5.49. The number of rotatable bonds is 3. The van der Waals surface area contributed by atoms with E-state index in [-0.39, 0.29) is 0 Å². The van der Waals surface area contributed by atoms with E-state index >= 15 is 0 Å². The second-order valence-corrected chi connectivity index (χ2v) is 5.80. The van der Waals surface area contributed by atoms with Crippen molar-refractivity contribution in [2.75, 3.05) is 0 Å². The van der Waals surface area contributed by atoms with Gasteiger partial charge in [-0.2, -0.15) is 0 Å². The van der Waals surface area contributed by atoms with Gasteiger partial charge < -0.3 is 4.57 Å². The van der Waals surface area contributed by atoms with Crippen LogP contribution in [0, 0.1) is 5.92 Å². The third-order valence-corrected chi connectivity index (χ3v) is 4.66. The monoisotopic (exact) mass is 277 g/mol. The maximum absolute atomic E-state index is 6.08. The summed E-state index contributed by atoms with van der Waals surface area (Å²) in [4.78, 5) is 8.77. The van der Waals surface area contributed by atoms with Crippen molar-refractivity contribution in [3.63, 3.8) is 0 Å². The Bertz CT molecular complexity index is 558. The molecule has 0 N–H and O–H groups in total. The fraction of sp³-hybridized carbons (Fsp3) is 0.600. The Morgan fingerprint density at radius 1 is 1.37 bits per heavy atom. The maximum atomic E-state index is 6.08.